The highest BCUT2D eigenvalue weighted by Crippen LogP contribution is 2.32. The maximum absolute atomic E-state index is 12.0. The highest BCUT2D eigenvalue weighted by Gasteiger charge is 2.28. The van der Waals surface area contributed by atoms with E-state index < -0.39 is 0 Å². The summed E-state index contributed by atoms with van der Waals surface area (Å²) >= 11 is 0. The van der Waals surface area contributed by atoms with Gasteiger partial charge in [0.15, 0.2) is 0 Å². The lowest BCUT2D eigenvalue weighted by Crippen LogP contribution is -2.27. The Morgan fingerprint density at radius 1 is 0.436 bits per heavy atom. The largest absolute Gasteiger partial charge is 0.465 e. The first-order valence-electron chi connectivity index (χ1n) is 16.2. The molecule has 0 unspecified atom stereocenters. The van der Waals surface area contributed by atoms with Crippen molar-refractivity contribution in [2.45, 2.75) is 103 Å². The molecule has 228 valence electrons. The molecule has 0 aliphatic heterocycles. The van der Waals surface area contributed by atoms with Gasteiger partial charge < -0.3 is 29.9 Å². The van der Waals surface area contributed by atoms with Crippen LogP contribution >= 0.6 is 0 Å². The first-order valence-corrected chi connectivity index (χ1v) is 16.2. The molecule has 0 heterocycles. The number of hydrogen-bond donors (Lipinski definition) is 4. The molecule has 4 fully saturated rings. The fourth-order valence-electron chi connectivity index (χ4n) is 7.04. The zero-order valence-electron chi connectivity index (χ0n) is 24.4. The van der Waals surface area contributed by atoms with Crippen molar-refractivity contribution in [3.63, 3.8) is 0 Å². The van der Waals surface area contributed by atoms with E-state index in [1.165, 1.54) is 51.4 Å². The number of carbonyl (C=O) groups excluding carboxylic acids is 1. The van der Waals surface area contributed by atoms with Crippen molar-refractivity contribution in [1.29, 1.82) is 0 Å². The van der Waals surface area contributed by atoms with E-state index in [1.807, 2.05) is 0 Å². The van der Waals surface area contributed by atoms with Gasteiger partial charge in [-0.25, -0.2) is 0 Å². The second-order valence-electron chi connectivity index (χ2n) is 13.3. The highest BCUT2D eigenvalue weighted by atomic mass is 16.5. The minimum absolute atomic E-state index is 0.0364. The van der Waals surface area contributed by atoms with Gasteiger partial charge in [0.1, 0.15) is 0 Å². The molecular formula is C32H58O7. The third-order valence-corrected chi connectivity index (χ3v) is 10.3. The molecule has 0 atom stereocenters. The topological polar surface area (TPSA) is 116 Å². The number of aliphatic hydroxyl groups excluding tert-OH is 4. The van der Waals surface area contributed by atoms with Gasteiger partial charge in [-0.1, -0.05) is 0 Å². The predicted molar refractivity (Wildman–Crippen MR) is 152 cm³/mol. The van der Waals surface area contributed by atoms with Gasteiger partial charge in [-0.3, -0.25) is 4.79 Å². The van der Waals surface area contributed by atoms with Gasteiger partial charge in [-0.2, -0.15) is 0 Å². The van der Waals surface area contributed by atoms with Crippen molar-refractivity contribution >= 4 is 5.97 Å². The van der Waals surface area contributed by atoms with Crippen LogP contribution < -0.4 is 0 Å². The summed E-state index contributed by atoms with van der Waals surface area (Å²) in [5.41, 5.74) is 0. The summed E-state index contributed by atoms with van der Waals surface area (Å²) in [6.07, 6.45) is 17.4. The standard InChI is InChI=1S/C16H28O4.C16H30O3/c17-9-12-1-3-14(4-2-12)11-20-16(19)15-7-5-13(10-18)6-8-15;17-9-13-1-5-15(6-2-13)11-19-12-16-7-3-14(10-18)4-8-16/h12-15,17-18H,1-11H2;13-18H,1-12H2. The van der Waals surface area contributed by atoms with Crippen molar-refractivity contribution in [2.24, 2.45) is 47.3 Å². The molecule has 0 aromatic carbocycles. The van der Waals surface area contributed by atoms with Crippen LogP contribution in [0.2, 0.25) is 0 Å². The van der Waals surface area contributed by atoms with E-state index in [2.05, 4.69) is 0 Å². The van der Waals surface area contributed by atoms with Crippen LogP contribution in [-0.2, 0) is 14.3 Å². The summed E-state index contributed by atoms with van der Waals surface area (Å²) in [6.45, 7) is 3.65. The predicted octanol–water partition coefficient (Wildman–Crippen LogP) is 4.73. The Labute approximate surface area is 237 Å². The molecule has 4 N–H and O–H groups in total. The summed E-state index contributed by atoms with van der Waals surface area (Å²) in [5.74, 6) is 3.86. The van der Waals surface area contributed by atoms with Gasteiger partial charge in [-0.15, -0.1) is 0 Å². The zero-order chi connectivity index (χ0) is 27.9. The molecule has 4 saturated carbocycles. The number of carbonyl (C=O) groups is 1. The van der Waals surface area contributed by atoms with Gasteiger partial charge in [0.25, 0.3) is 0 Å². The SMILES string of the molecule is O=C(OCC1CCC(CO)CC1)C1CCC(CO)CC1.OCC1CCC(COCC2CCC(CO)CC2)CC1. The van der Waals surface area contributed by atoms with Crippen LogP contribution in [0.25, 0.3) is 0 Å². The minimum Gasteiger partial charge on any atom is -0.465 e. The maximum Gasteiger partial charge on any atom is 0.308 e. The van der Waals surface area contributed by atoms with E-state index in [0.29, 0.717) is 56.0 Å². The van der Waals surface area contributed by atoms with Gasteiger partial charge in [0, 0.05) is 39.6 Å². The van der Waals surface area contributed by atoms with Crippen molar-refractivity contribution in [3.8, 4) is 0 Å². The van der Waals surface area contributed by atoms with Crippen LogP contribution in [-0.4, -0.2) is 72.6 Å². The Balaban J connectivity index is 0.000000216. The molecule has 4 rings (SSSR count). The molecule has 0 saturated heterocycles. The Morgan fingerprint density at radius 3 is 1.05 bits per heavy atom. The number of rotatable bonds is 11. The van der Waals surface area contributed by atoms with Gasteiger partial charge in [0.2, 0.25) is 0 Å². The quantitative estimate of drug-likeness (QED) is 0.273. The van der Waals surface area contributed by atoms with Gasteiger partial charge >= 0.3 is 5.97 Å². The molecule has 4 aliphatic carbocycles. The molecule has 7 nitrogen and oxygen atoms in total. The molecule has 7 heteroatoms. The van der Waals surface area contributed by atoms with Crippen LogP contribution in [0.5, 0.6) is 0 Å². The van der Waals surface area contributed by atoms with E-state index in [9.17, 15) is 4.79 Å². The van der Waals surface area contributed by atoms with E-state index in [-0.39, 0.29) is 18.5 Å². The molecule has 0 bridgehead atoms. The summed E-state index contributed by atoms with van der Waals surface area (Å²) < 4.78 is 11.4. The van der Waals surface area contributed by atoms with E-state index >= 15 is 0 Å². The van der Waals surface area contributed by atoms with Crippen LogP contribution in [0.3, 0.4) is 0 Å². The van der Waals surface area contributed by atoms with E-state index in [0.717, 1.165) is 76.4 Å². The van der Waals surface area contributed by atoms with Gasteiger partial charge in [0.05, 0.1) is 12.5 Å². The number of ether oxygens (including phenoxy) is 2. The molecule has 0 spiro atoms. The van der Waals surface area contributed by atoms with E-state index in [4.69, 9.17) is 29.9 Å². The molecule has 0 radical (unpaired) electrons. The van der Waals surface area contributed by atoms with Gasteiger partial charge in [-0.05, 0) is 144 Å². The normalized spacial score (nSPS) is 35.5. The van der Waals surface area contributed by atoms with Crippen LogP contribution in [0, 0.1) is 47.3 Å². The molecule has 39 heavy (non-hydrogen) atoms. The molecule has 0 amide bonds. The second-order valence-corrected chi connectivity index (χ2v) is 13.3. The maximum atomic E-state index is 12.0. The smallest absolute Gasteiger partial charge is 0.308 e. The van der Waals surface area contributed by atoms with Crippen molar-refractivity contribution in [2.75, 3.05) is 46.2 Å². The van der Waals surface area contributed by atoms with Crippen molar-refractivity contribution < 1.29 is 34.7 Å². The highest BCUT2D eigenvalue weighted by molar-refractivity contribution is 5.72. The van der Waals surface area contributed by atoms with E-state index in [1.54, 1.807) is 0 Å². The monoisotopic (exact) mass is 554 g/mol. The van der Waals surface area contributed by atoms with Crippen LogP contribution in [0.4, 0.5) is 0 Å². The molecular weight excluding hydrogens is 496 g/mol. The fourth-order valence-corrected chi connectivity index (χ4v) is 7.04. The number of hydrogen-bond acceptors (Lipinski definition) is 7. The first kappa shape index (κ1) is 32.8. The van der Waals surface area contributed by atoms with Crippen LogP contribution in [0.1, 0.15) is 103 Å². The Hall–Kier alpha value is -0.730. The van der Waals surface area contributed by atoms with Crippen LogP contribution in [0.15, 0.2) is 0 Å². The minimum atomic E-state index is -0.0364. The van der Waals surface area contributed by atoms with Crippen molar-refractivity contribution in [1.82, 2.24) is 0 Å². The lowest BCUT2D eigenvalue weighted by atomic mass is 9.82. The zero-order valence-corrected chi connectivity index (χ0v) is 24.4. The third kappa shape index (κ3) is 12.0. The second kappa shape index (κ2) is 18.7. The van der Waals surface area contributed by atoms with Crippen molar-refractivity contribution in [3.05, 3.63) is 0 Å². The Morgan fingerprint density at radius 2 is 0.718 bits per heavy atom. The average molecular weight is 555 g/mol. The molecule has 0 aromatic heterocycles. The average Bonchev–Trinajstić information content (AvgIpc) is 3.01. The molecule has 0 aromatic rings. The third-order valence-electron chi connectivity index (χ3n) is 10.3. The fraction of sp³-hybridized carbons (Fsp3) is 0.969. The number of esters is 1. The summed E-state index contributed by atoms with van der Waals surface area (Å²) in [7, 11) is 0. The summed E-state index contributed by atoms with van der Waals surface area (Å²) in [5, 5.41) is 36.4. The lowest BCUT2D eigenvalue weighted by molar-refractivity contribution is -0.152. The summed E-state index contributed by atoms with van der Waals surface area (Å²) in [6, 6.07) is 0. The lowest BCUT2D eigenvalue weighted by Gasteiger charge is -2.29. The number of aliphatic hydroxyl groups is 4. The first-order chi connectivity index (χ1) is 19.0. The Kier molecular flexibility index (Phi) is 15.7. The molecule has 4 aliphatic rings. The summed E-state index contributed by atoms with van der Waals surface area (Å²) in [4.78, 5) is 12.0. The Bertz CT molecular complexity index is 602.